The average molecular weight is 228 g/mol. The standard InChI is InChI=1S/C12H24N2S/c1-10(11-3-4-11)14(2)7-5-12-9-15-8-6-13-12/h10-13H,3-9H2,1-2H3. The molecule has 2 atom stereocenters. The molecule has 1 saturated carbocycles. The van der Waals surface area contributed by atoms with Crippen LogP contribution < -0.4 is 5.32 Å². The van der Waals surface area contributed by atoms with Crippen molar-refractivity contribution in [2.45, 2.75) is 38.3 Å². The molecule has 0 aromatic carbocycles. The Balaban J connectivity index is 1.62. The summed E-state index contributed by atoms with van der Waals surface area (Å²) in [5.41, 5.74) is 0. The van der Waals surface area contributed by atoms with E-state index in [9.17, 15) is 0 Å². The van der Waals surface area contributed by atoms with Crippen molar-refractivity contribution in [1.29, 1.82) is 0 Å². The van der Waals surface area contributed by atoms with Crippen LogP contribution in [0, 0.1) is 5.92 Å². The highest BCUT2D eigenvalue weighted by Gasteiger charge is 2.30. The highest BCUT2D eigenvalue weighted by Crippen LogP contribution is 2.34. The van der Waals surface area contributed by atoms with Gasteiger partial charge < -0.3 is 10.2 Å². The van der Waals surface area contributed by atoms with E-state index >= 15 is 0 Å². The highest BCUT2D eigenvalue weighted by molar-refractivity contribution is 7.99. The maximum absolute atomic E-state index is 3.61. The number of nitrogens with zero attached hydrogens (tertiary/aromatic N) is 1. The summed E-state index contributed by atoms with van der Waals surface area (Å²) >= 11 is 2.10. The van der Waals surface area contributed by atoms with Gasteiger partial charge in [-0.15, -0.1) is 0 Å². The molecule has 0 radical (unpaired) electrons. The maximum Gasteiger partial charge on any atom is 0.0170 e. The lowest BCUT2D eigenvalue weighted by atomic mass is 10.1. The molecule has 1 saturated heterocycles. The van der Waals surface area contributed by atoms with E-state index in [4.69, 9.17) is 0 Å². The molecule has 2 nitrogen and oxygen atoms in total. The summed E-state index contributed by atoms with van der Waals surface area (Å²) in [6.07, 6.45) is 4.24. The van der Waals surface area contributed by atoms with Crippen molar-refractivity contribution in [1.82, 2.24) is 10.2 Å². The molecule has 2 rings (SSSR count). The van der Waals surface area contributed by atoms with Crippen LogP contribution >= 0.6 is 11.8 Å². The number of thioether (sulfide) groups is 1. The van der Waals surface area contributed by atoms with E-state index in [1.54, 1.807) is 0 Å². The average Bonchev–Trinajstić information content (AvgIpc) is 3.10. The Morgan fingerprint density at radius 1 is 1.47 bits per heavy atom. The van der Waals surface area contributed by atoms with Crippen LogP contribution in [0.3, 0.4) is 0 Å². The van der Waals surface area contributed by atoms with Crippen molar-refractivity contribution in [2.24, 2.45) is 5.92 Å². The summed E-state index contributed by atoms with van der Waals surface area (Å²) in [4.78, 5) is 2.55. The molecule has 2 aliphatic rings. The topological polar surface area (TPSA) is 15.3 Å². The molecule has 15 heavy (non-hydrogen) atoms. The van der Waals surface area contributed by atoms with Crippen LogP contribution in [-0.4, -0.2) is 48.6 Å². The largest absolute Gasteiger partial charge is 0.312 e. The molecule has 2 fully saturated rings. The van der Waals surface area contributed by atoms with Crippen molar-refractivity contribution >= 4 is 11.8 Å². The van der Waals surface area contributed by atoms with E-state index < -0.39 is 0 Å². The molecule has 0 spiro atoms. The number of nitrogens with one attached hydrogen (secondary N) is 1. The van der Waals surface area contributed by atoms with Gasteiger partial charge in [-0.1, -0.05) is 0 Å². The van der Waals surface area contributed by atoms with E-state index in [-0.39, 0.29) is 0 Å². The van der Waals surface area contributed by atoms with Gasteiger partial charge in [-0.05, 0) is 45.7 Å². The monoisotopic (exact) mass is 228 g/mol. The minimum absolute atomic E-state index is 0.762. The molecule has 1 N–H and O–H groups in total. The van der Waals surface area contributed by atoms with Crippen molar-refractivity contribution < 1.29 is 0 Å². The second-order valence-electron chi connectivity index (χ2n) is 5.07. The molecule has 1 heterocycles. The zero-order valence-electron chi connectivity index (χ0n) is 10.0. The van der Waals surface area contributed by atoms with Gasteiger partial charge in [0, 0.05) is 30.1 Å². The Morgan fingerprint density at radius 2 is 2.27 bits per heavy atom. The molecule has 88 valence electrons. The minimum atomic E-state index is 0.762. The van der Waals surface area contributed by atoms with Gasteiger partial charge in [0.05, 0.1) is 0 Å². The van der Waals surface area contributed by atoms with Crippen LogP contribution in [0.4, 0.5) is 0 Å². The first-order chi connectivity index (χ1) is 7.27. The van der Waals surface area contributed by atoms with Gasteiger partial charge in [-0.2, -0.15) is 11.8 Å². The zero-order valence-corrected chi connectivity index (χ0v) is 10.9. The SMILES string of the molecule is CC(C1CC1)N(C)CCC1CSCCN1. The van der Waals surface area contributed by atoms with Crippen molar-refractivity contribution in [3.8, 4) is 0 Å². The van der Waals surface area contributed by atoms with Gasteiger partial charge >= 0.3 is 0 Å². The van der Waals surface area contributed by atoms with Crippen LogP contribution in [0.15, 0.2) is 0 Å². The van der Waals surface area contributed by atoms with Crippen LogP contribution in [0.5, 0.6) is 0 Å². The van der Waals surface area contributed by atoms with Gasteiger partial charge in [0.2, 0.25) is 0 Å². The summed E-state index contributed by atoms with van der Waals surface area (Å²) in [5, 5.41) is 3.61. The molecular formula is C12H24N2S. The summed E-state index contributed by atoms with van der Waals surface area (Å²) in [7, 11) is 2.29. The predicted molar refractivity (Wildman–Crippen MR) is 68.5 cm³/mol. The number of rotatable bonds is 5. The fourth-order valence-corrected chi connectivity index (χ4v) is 3.30. The molecule has 3 heteroatoms. The van der Waals surface area contributed by atoms with Gasteiger partial charge in [0.1, 0.15) is 0 Å². The Bertz CT molecular complexity index is 188. The lowest BCUT2D eigenvalue weighted by Crippen LogP contribution is -2.41. The summed E-state index contributed by atoms with van der Waals surface area (Å²) in [5.74, 6) is 3.61. The Labute approximate surface area is 98.2 Å². The normalized spacial score (nSPS) is 29.4. The fraction of sp³-hybridized carbons (Fsp3) is 1.00. The molecule has 2 unspecified atom stereocenters. The van der Waals surface area contributed by atoms with E-state index in [0.717, 1.165) is 18.0 Å². The van der Waals surface area contributed by atoms with Crippen molar-refractivity contribution in [2.75, 3.05) is 31.6 Å². The van der Waals surface area contributed by atoms with Gasteiger partial charge in [0.15, 0.2) is 0 Å². The number of hydrogen-bond donors (Lipinski definition) is 1. The quantitative estimate of drug-likeness (QED) is 0.772. The summed E-state index contributed by atoms with van der Waals surface area (Å²) < 4.78 is 0. The zero-order chi connectivity index (χ0) is 10.7. The second-order valence-corrected chi connectivity index (χ2v) is 6.22. The van der Waals surface area contributed by atoms with Crippen LogP contribution in [0.1, 0.15) is 26.2 Å². The van der Waals surface area contributed by atoms with Crippen LogP contribution in [0.2, 0.25) is 0 Å². The highest BCUT2D eigenvalue weighted by atomic mass is 32.2. The minimum Gasteiger partial charge on any atom is -0.312 e. The first-order valence-electron chi connectivity index (χ1n) is 6.28. The van der Waals surface area contributed by atoms with E-state index in [2.05, 4.69) is 35.9 Å². The third-order valence-corrected chi connectivity index (χ3v) is 4.96. The van der Waals surface area contributed by atoms with Crippen molar-refractivity contribution in [3.63, 3.8) is 0 Å². The third-order valence-electron chi connectivity index (χ3n) is 3.83. The molecule has 0 amide bonds. The van der Waals surface area contributed by atoms with Gasteiger partial charge in [-0.3, -0.25) is 0 Å². The second kappa shape index (κ2) is 5.55. The fourth-order valence-electron chi connectivity index (χ4n) is 2.31. The Kier molecular flexibility index (Phi) is 4.35. The maximum atomic E-state index is 3.61. The van der Waals surface area contributed by atoms with Crippen LogP contribution in [-0.2, 0) is 0 Å². The van der Waals surface area contributed by atoms with E-state index in [1.807, 2.05) is 0 Å². The van der Waals surface area contributed by atoms with E-state index in [1.165, 1.54) is 43.9 Å². The van der Waals surface area contributed by atoms with Gasteiger partial charge in [-0.25, -0.2) is 0 Å². The first-order valence-corrected chi connectivity index (χ1v) is 7.44. The Hall–Kier alpha value is 0.270. The molecule has 0 aromatic rings. The molecular weight excluding hydrogens is 204 g/mol. The third kappa shape index (κ3) is 3.65. The Morgan fingerprint density at radius 3 is 2.87 bits per heavy atom. The van der Waals surface area contributed by atoms with Crippen molar-refractivity contribution in [3.05, 3.63) is 0 Å². The van der Waals surface area contributed by atoms with Crippen LogP contribution in [0.25, 0.3) is 0 Å². The molecule has 0 bridgehead atoms. The molecule has 0 aromatic heterocycles. The predicted octanol–water partition coefficient (Wildman–Crippen LogP) is 1.81. The smallest absolute Gasteiger partial charge is 0.0170 e. The molecule has 1 aliphatic carbocycles. The number of hydrogen-bond acceptors (Lipinski definition) is 3. The van der Waals surface area contributed by atoms with E-state index in [0.29, 0.717) is 0 Å². The lowest BCUT2D eigenvalue weighted by Gasteiger charge is -2.28. The molecule has 1 aliphatic heterocycles. The lowest BCUT2D eigenvalue weighted by molar-refractivity contribution is 0.224. The summed E-state index contributed by atoms with van der Waals surface area (Å²) in [6.45, 7) is 4.85. The summed E-state index contributed by atoms with van der Waals surface area (Å²) in [6, 6.07) is 1.57. The first kappa shape index (κ1) is 11.7. The van der Waals surface area contributed by atoms with Gasteiger partial charge in [0.25, 0.3) is 0 Å².